The molecule has 0 fully saturated rings. The second-order valence-corrected chi connectivity index (χ2v) is 1.41. The Kier molecular flexibility index (Phi) is 2.79. The number of carbonyl (C=O) groups excluding carboxylic acids is 2. The summed E-state index contributed by atoms with van der Waals surface area (Å²) in [5, 5.41) is 8.57. The van der Waals surface area contributed by atoms with E-state index in [1.807, 2.05) is 0 Å². The van der Waals surface area contributed by atoms with E-state index in [0.717, 1.165) is 0 Å². The van der Waals surface area contributed by atoms with Gasteiger partial charge in [0.25, 0.3) is 0 Å². The molecule has 0 bridgehead atoms. The van der Waals surface area contributed by atoms with E-state index < -0.39 is 0 Å². The fourth-order valence-corrected chi connectivity index (χ4v) is 0.265. The summed E-state index contributed by atoms with van der Waals surface area (Å²) in [6.45, 7) is 1.05. The second-order valence-electron chi connectivity index (χ2n) is 1.41. The number of nitrogens with zero attached hydrogens (tertiary/aromatic N) is 1. The van der Waals surface area contributed by atoms with Crippen LogP contribution in [0.1, 0.15) is 6.92 Å². The quantitative estimate of drug-likeness (QED) is 0.306. The fourth-order valence-electron chi connectivity index (χ4n) is 0.265. The third-order valence-corrected chi connectivity index (χ3v) is 0.506. The zero-order valence-electron chi connectivity index (χ0n) is 4.50. The van der Waals surface area contributed by atoms with Crippen LogP contribution in [0.2, 0.25) is 0 Å². The standard InChI is InChI=1S/C4H7NO3/c1-4(7)2-5(8)3-6/h3,8H,2H2,1H3. The van der Waals surface area contributed by atoms with Gasteiger partial charge in [0.1, 0.15) is 6.54 Å². The van der Waals surface area contributed by atoms with Crippen LogP contribution in [0, 0.1) is 0 Å². The molecule has 0 atom stereocenters. The van der Waals surface area contributed by atoms with Crippen molar-refractivity contribution in [1.29, 1.82) is 0 Å². The van der Waals surface area contributed by atoms with Crippen LogP contribution in [0.4, 0.5) is 0 Å². The summed E-state index contributed by atoms with van der Waals surface area (Å²) in [6.07, 6.45) is 0.182. The molecule has 0 saturated heterocycles. The molecule has 0 aromatic rings. The number of hydrogen-bond acceptors (Lipinski definition) is 3. The molecule has 4 nitrogen and oxygen atoms in total. The molecular formula is C4H7NO3. The maximum absolute atomic E-state index is 10.1. The zero-order valence-corrected chi connectivity index (χ0v) is 4.50. The van der Waals surface area contributed by atoms with Gasteiger partial charge in [-0.25, -0.2) is 5.06 Å². The molecule has 4 heteroatoms. The van der Waals surface area contributed by atoms with Crippen molar-refractivity contribution < 1.29 is 14.8 Å². The van der Waals surface area contributed by atoms with Gasteiger partial charge in [-0.15, -0.1) is 0 Å². The molecule has 46 valence electrons. The van der Waals surface area contributed by atoms with Gasteiger partial charge in [0.05, 0.1) is 0 Å². The average molecular weight is 117 g/mol. The van der Waals surface area contributed by atoms with Crippen LogP contribution < -0.4 is 0 Å². The number of hydroxylamine groups is 2. The van der Waals surface area contributed by atoms with Crippen LogP contribution >= 0.6 is 0 Å². The maximum atomic E-state index is 10.1. The molecule has 0 heterocycles. The Balaban J connectivity index is 3.38. The highest BCUT2D eigenvalue weighted by Crippen LogP contribution is 1.73. The van der Waals surface area contributed by atoms with Crippen LogP contribution in [-0.4, -0.2) is 29.0 Å². The van der Waals surface area contributed by atoms with Gasteiger partial charge in [0.2, 0.25) is 6.41 Å². The largest absolute Gasteiger partial charge is 0.298 e. The Bertz CT molecular complexity index is 101. The first kappa shape index (κ1) is 7.10. The molecule has 0 aromatic heterocycles. The van der Waals surface area contributed by atoms with E-state index in [0.29, 0.717) is 5.06 Å². The number of amides is 1. The maximum Gasteiger partial charge on any atom is 0.233 e. The first-order chi connectivity index (χ1) is 3.66. The summed E-state index contributed by atoms with van der Waals surface area (Å²) in [5.74, 6) is -0.250. The predicted molar refractivity (Wildman–Crippen MR) is 25.2 cm³/mol. The highest BCUT2D eigenvalue weighted by atomic mass is 16.5. The molecule has 0 radical (unpaired) electrons. The highest BCUT2D eigenvalue weighted by Gasteiger charge is 1.97. The van der Waals surface area contributed by atoms with Gasteiger partial charge >= 0.3 is 0 Å². The van der Waals surface area contributed by atoms with Gasteiger partial charge in [-0.1, -0.05) is 0 Å². The number of ketones is 1. The van der Waals surface area contributed by atoms with Crippen molar-refractivity contribution >= 4 is 12.2 Å². The Morgan fingerprint density at radius 3 is 2.50 bits per heavy atom. The predicted octanol–water partition coefficient (Wildman–Crippen LogP) is -0.577. The topological polar surface area (TPSA) is 57.6 Å². The van der Waals surface area contributed by atoms with Crippen molar-refractivity contribution in [3.05, 3.63) is 0 Å². The van der Waals surface area contributed by atoms with Crippen molar-refractivity contribution in [2.24, 2.45) is 0 Å². The van der Waals surface area contributed by atoms with E-state index in [-0.39, 0.29) is 18.7 Å². The van der Waals surface area contributed by atoms with Crippen molar-refractivity contribution in [2.75, 3.05) is 6.54 Å². The lowest BCUT2D eigenvalue weighted by Crippen LogP contribution is -2.22. The molecule has 0 unspecified atom stereocenters. The number of carbonyl (C=O) groups is 2. The molecule has 0 rings (SSSR count). The molecule has 1 amide bonds. The zero-order chi connectivity index (χ0) is 6.57. The number of hydrogen-bond donors (Lipinski definition) is 1. The lowest BCUT2D eigenvalue weighted by molar-refractivity contribution is -0.154. The van der Waals surface area contributed by atoms with Crippen LogP contribution in [0.25, 0.3) is 0 Å². The van der Waals surface area contributed by atoms with Crippen LogP contribution in [0.3, 0.4) is 0 Å². The van der Waals surface area contributed by atoms with Crippen molar-refractivity contribution in [3.8, 4) is 0 Å². The fraction of sp³-hybridized carbons (Fsp3) is 0.500. The van der Waals surface area contributed by atoms with Gasteiger partial charge in [0, 0.05) is 0 Å². The molecule has 0 aliphatic heterocycles. The van der Waals surface area contributed by atoms with Gasteiger partial charge in [-0.2, -0.15) is 0 Å². The summed E-state index contributed by atoms with van der Waals surface area (Å²) >= 11 is 0. The summed E-state index contributed by atoms with van der Waals surface area (Å²) in [5.41, 5.74) is 0. The summed E-state index contributed by atoms with van der Waals surface area (Å²) in [4.78, 5) is 19.6. The summed E-state index contributed by atoms with van der Waals surface area (Å²) in [6, 6.07) is 0. The highest BCUT2D eigenvalue weighted by molar-refractivity contribution is 5.79. The van der Waals surface area contributed by atoms with Crippen molar-refractivity contribution in [3.63, 3.8) is 0 Å². The lowest BCUT2D eigenvalue weighted by atomic mass is 10.4. The second kappa shape index (κ2) is 3.15. The third-order valence-electron chi connectivity index (χ3n) is 0.506. The van der Waals surface area contributed by atoms with E-state index >= 15 is 0 Å². The lowest BCUT2D eigenvalue weighted by Gasteiger charge is -2.02. The Morgan fingerprint density at radius 2 is 2.38 bits per heavy atom. The third kappa shape index (κ3) is 3.30. The molecule has 0 aliphatic carbocycles. The minimum Gasteiger partial charge on any atom is -0.298 e. The van der Waals surface area contributed by atoms with Gasteiger partial charge in [-0.05, 0) is 6.92 Å². The molecule has 8 heavy (non-hydrogen) atoms. The van der Waals surface area contributed by atoms with Crippen molar-refractivity contribution in [1.82, 2.24) is 5.06 Å². The van der Waals surface area contributed by atoms with E-state index in [1.165, 1.54) is 6.92 Å². The average Bonchev–Trinajstić information content (AvgIpc) is 1.65. The molecule has 0 saturated carbocycles. The van der Waals surface area contributed by atoms with Gasteiger partial charge in [0.15, 0.2) is 5.78 Å². The minimum absolute atomic E-state index is 0.182. The summed E-state index contributed by atoms with van der Waals surface area (Å²) < 4.78 is 0. The molecular weight excluding hydrogens is 110 g/mol. The Hall–Kier alpha value is -0.900. The first-order valence-corrected chi connectivity index (χ1v) is 2.07. The summed E-state index contributed by atoms with van der Waals surface area (Å²) in [7, 11) is 0. The Morgan fingerprint density at radius 1 is 1.88 bits per heavy atom. The first-order valence-electron chi connectivity index (χ1n) is 2.07. The van der Waals surface area contributed by atoms with E-state index in [1.54, 1.807) is 0 Å². The van der Waals surface area contributed by atoms with Gasteiger partial charge in [-0.3, -0.25) is 14.8 Å². The van der Waals surface area contributed by atoms with E-state index in [2.05, 4.69) is 0 Å². The van der Waals surface area contributed by atoms with Crippen LogP contribution in [-0.2, 0) is 9.59 Å². The number of Topliss-reactive ketones (excluding diaryl/α,β-unsaturated/α-hetero) is 1. The SMILES string of the molecule is CC(=O)CN(O)C=O. The van der Waals surface area contributed by atoms with Crippen LogP contribution in [0.5, 0.6) is 0 Å². The monoisotopic (exact) mass is 117 g/mol. The smallest absolute Gasteiger partial charge is 0.233 e. The molecule has 1 N–H and O–H groups in total. The Labute approximate surface area is 46.7 Å². The van der Waals surface area contributed by atoms with Gasteiger partial charge < -0.3 is 0 Å². The minimum atomic E-state index is -0.250. The molecule has 0 aromatic carbocycles. The van der Waals surface area contributed by atoms with Crippen molar-refractivity contribution in [2.45, 2.75) is 6.92 Å². The molecule has 0 spiro atoms. The van der Waals surface area contributed by atoms with Crippen LogP contribution in [0.15, 0.2) is 0 Å². The number of rotatable bonds is 3. The molecule has 0 aliphatic rings. The normalized spacial score (nSPS) is 8.25. The van der Waals surface area contributed by atoms with E-state index in [4.69, 9.17) is 5.21 Å². The van der Waals surface area contributed by atoms with E-state index in [9.17, 15) is 9.59 Å².